The topological polar surface area (TPSA) is 123 Å². The van der Waals surface area contributed by atoms with E-state index in [4.69, 9.17) is 0 Å². The fourth-order valence-electron chi connectivity index (χ4n) is 5.65. The summed E-state index contributed by atoms with van der Waals surface area (Å²) < 4.78 is 38.9. The minimum absolute atomic E-state index is 0.0411. The molecule has 222 valence electrons. The van der Waals surface area contributed by atoms with Gasteiger partial charge in [-0.05, 0) is 51.1 Å². The standard InChI is InChI=1S/C30H36FN7O3S/c1-6-24(38-14-13-37(4)17-19(38)3)29(39)34-23-11-7-9-20-21(16-32-28(20)23)27-18(2)15-33-30(36-27)35-22-10-8-12-25(26(22)31)42(5,40)41/h7-12,15-16,19,24,32H,6,13-14,17H2,1-5H3,(H,34,39)(H,33,35,36)/t19-,24+/m0/s1. The lowest BCUT2D eigenvalue weighted by Crippen LogP contribution is -2.57. The van der Waals surface area contributed by atoms with E-state index in [1.165, 1.54) is 18.2 Å². The molecular weight excluding hydrogens is 557 g/mol. The highest BCUT2D eigenvalue weighted by Gasteiger charge is 2.31. The summed E-state index contributed by atoms with van der Waals surface area (Å²) in [5.74, 6) is -0.818. The van der Waals surface area contributed by atoms with Crippen molar-refractivity contribution in [1.29, 1.82) is 0 Å². The zero-order valence-electron chi connectivity index (χ0n) is 24.4. The lowest BCUT2D eigenvalue weighted by Gasteiger charge is -2.42. The molecule has 2 aromatic carbocycles. The number of likely N-dealkylation sites (N-methyl/N-ethyl adjacent to an activating group) is 1. The Balaban J connectivity index is 1.43. The number of fused-ring (bicyclic) bond motifs is 1. The van der Waals surface area contributed by atoms with Gasteiger partial charge in [-0.3, -0.25) is 9.69 Å². The Kier molecular flexibility index (Phi) is 8.31. The van der Waals surface area contributed by atoms with E-state index >= 15 is 0 Å². The molecular formula is C30H36FN7O3S. The van der Waals surface area contributed by atoms with E-state index in [9.17, 15) is 17.6 Å². The number of hydrogen-bond acceptors (Lipinski definition) is 8. The van der Waals surface area contributed by atoms with Crippen LogP contribution in [0.15, 0.2) is 53.7 Å². The number of nitrogens with one attached hydrogen (secondary N) is 3. The second-order valence-corrected chi connectivity index (χ2v) is 12.9. The highest BCUT2D eigenvalue weighted by molar-refractivity contribution is 7.90. The first-order valence-corrected chi connectivity index (χ1v) is 15.8. The average molecular weight is 594 g/mol. The van der Waals surface area contributed by atoms with Crippen LogP contribution in [0.4, 0.5) is 21.7 Å². The number of amides is 1. The molecule has 0 unspecified atom stereocenters. The normalized spacial score (nSPS) is 17.3. The van der Waals surface area contributed by atoms with Crippen LogP contribution in [-0.2, 0) is 14.6 Å². The van der Waals surface area contributed by atoms with Gasteiger partial charge in [0, 0.05) is 55.3 Å². The molecule has 2 atom stereocenters. The van der Waals surface area contributed by atoms with Crippen molar-refractivity contribution >= 4 is 44.0 Å². The first-order chi connectivity index (χ1) is 20.0. The number of sulfone groups is 1. The Labute approximate surface area is 245 Å². The number of piperazine rings is 1. The molecule has 3 N–H and O–H groups in total. The van der Waals surface area contributed by atoms with Crippen LogP contribution in [0.2, 0.25) is 0 Å². The van der Waals surface area contributed by atoms with E-state index in [1.807, 2.05) is 38.2 Å². The molecule has 1 aliphatic rings. The molecule has 0 aliphatic carbocycles. The van der Waals surface area contributed by atoms with Crippen molar-refractivity contribution in [3.05, 3.63) is 60.2 Å². The zero-order valence-corrected chi connectivity index (χ0v) is 25.2. The molecule has 2 aromatic heterocycles. The number of hydrogen-bond donors (Lipinski definition) is 3. The van der Waals surface area contributed by atoms with E-state index in [0.29, 0.717) is 17.8 Å². The number of rotatable bonds is 8. The van der Waals surface area contributed by atoms with Crippen LogP contribution >= 0.6 is 0 Å². The van der Waals surface area contributed by atoms with E-state index in [0.717, 1.165) is 47.9 Å². The Bertz CT molecular complexity index is 1740. The van der Waals surface area contributed by atoms with Gasteiger partial charge < -0.3 is 20.5 Å². The molecule has 1 aliphatic heterocycles. The molecule has 10 nitrogen and oxygen atoms in total. The predicted molar refractivity (Wildman–Crippen MR) is 163 cm³/mol. The summed E-state index contributed by atoms with van der Waals surface area (Å²) in [6.45, 7) is 8.76. The number of aromatic nitrogens is 3. The van der Waals surface area contributed by atoms with E-state index in [2.05, 4.69) is 49.4 Å². The number of aryl methyl sites for hydroxylation is 1. The van der Waals surface area contributed by atoms with Gasteiger partial charge in [0.1, 0.15) is 4.90 Å². The quantitative estimate of drug-likeness (QED) is 0.272. The van der Waals surface area contributed by atoms with Gasteiger partial charge in [-0.15, -0.1) is 0 Å². The van der Waals surface area contributed by atoms with Gasteiger partial charge in [0.15, 0.2) is 15.7 Å². The molecule has 0 spiro atoms. The molecule has 1 saturated heterocycles. The third kappa shape index (κ3) is 5.87. The van der Waals surface area contributed by atoms with E-state index in [1.54, 1.807) is 6.20 Å². The maximum Gasteiger partial charge on any atom is 0.241 e. The molecule has 5 rings (SSSR count). The van der Waals surface area contributed by atoms with E-state index in [-0.39, 0.29) is 29.6 Å². The average Bonchev–Trinajstić information content (AvgIpc) is 3.37. The van der Waals surface area contributed by atoms with Gasteiger partial charge in [0.2, 0.25) is 11.9 Å². The SMILES string of the molecule is CC[C@H](C(=O)Nc1cccc2c(-c3nc(Nc4cccc(S(C)(=O)=O)c4F)ncc3C)c[nH]c12)N1CCN(C)C[C@@H]1C. The number of benzene rings is 2. The Morgan fingerprint density at radius 1 is 1.19 bits per heavy atom. The Hall–Kier alpha value is -3.87. The number of H-pyrrole nitrogens is 1. The first-order valence-electron chi connectivity index (χ1n) is 13.9. The summed E-state index contributed by atoms with van der Waals surface area (Å²) in [4.78, 5) is 29.9. The van der Waals surface area contributed by atoms with Crippen molar-refractivity contribution < 1.29 is 17.6 Å². The molecule has 0 saturated carbocycles. The second kappa shape index (κ2) is 11.8. The van der Waals surface area contributed by atoms with Gasteiger partial charge in [-0.25, -0.2) is 22.8 Å². The van der Waals surface area contributed by atoms with Gasteiger partial charge in [-0.1, -0.05) is 25.1 Å². The summed E-state index contributed by atoms with van der Waals surface area (Å²) in [6.07, 6.45) is 5.11. The number of carbonyl (C=O) groups is 1. The highest BCUT2D eigenvalue weighted by Crippen LogP contribution is 2.34. The minimum Gasteiger partial charge on any atom is -0.359 e. The maximum absolute atomic E-state index is 15.0. The van der Waals surface area contributed by atoms with Crippen LogP contribution in [0.1, 0.15) is 25.8 Å². The molecule has 4 aromatic rings. The summed E-state index contributed by atoms with van der Waals surface area (Å²) >= 11 is 0. The lowest BCUT2D eigenvalue weighted by molar-refractivity contribution is -0.123. The van der Waals surface area contributed by atoms with Crippen molar-refractivity contribution in [1.82, 2.24) is 24.8 Å². The van der Waals surface area contributed by atoms with Gasteiger partial charge in [0.25, 0.3) is 0 Å². The van der Waals surface area contributed by atoms with Crippen molar-refractivity contribution in [2.24, 2.45) is 0 Å². The van der Waals surface area contributed by atoms with E-state index < -0.39 is 20.5 Å². The molecule has 42 heavy (non-hydrogen) atoms. The molecule has 1 fully saturated rings. The number of para-hydroxylation sites is 1. The lowest BCUT2D eigenvalue weighted by atomic mass is 10.1. The molecule has 1 amide bonds. The number of halogens is 1. The van der Waals surface area contributed by atoms with Crippen LogP contribution in [-0.4, -0.2) is 84.1 Å². The third-order valence-electron chi connectivity index (χ3n) is 7.78. The van der Waals surface area contributed by atoms with Gasteiger partial charge >= 0.3 is 0 Å². The fraction of sp³-hybridized carbons (Fsp3) is 0.367. The second-order valence-electron chi connectivity index (χ2n) is 10.9. The summed E-state index contributed by atoms with van der Waals surface area (Å²) in [5.41, 5.74) is 3.58. The Morgan fingerprint density at radius 3 is 2.64 bits per heavy atom. The predicted octanol–water partition coefficient (Wildman–Crippen LogP) is 4.57. The maximum atomic E-state index is 15.0. The first kappa shape index (κ1) is 29.6. The largest absolute Gasteiger partial charge is 0.359 e. The van der Waals surface area contributed by atoms with Crippen LogP contribution in [0.5, 0.6) is 0 Å². The van der Waals surface area contributed by atoms with Crippen molar-refractivity contribution in [2.75, 3.05) is 43.6 Å². The van der Waals surface area contributed by atoms with Crippen molar-refractivity contribution in [2.45, 2.75) is 44.2 Å². The number of carbonyl (C=O) groups excluding carboxylic acids is 1. The van der Waals surface area contributed by atoms with Crippen LogP contribution in [0, 0.1) is 12.7 Å². The van der Waals surface area contributed by atoms with Crippen molar-refractivity contribution in [3.8, 4) is 11.3 Å². The molecule has 0 radical (unpaired) electrons. The van der Waals surface area contributed by atoms with Gasteiger partial charge in [0.05, 0.1) is 28.6 Å². The monoisotopic (exact) mass is 593 g/mol. The highest BCUT2D eigenvalue weighted by atomic mass is 32.2. The van der Waals surface area contributed by atoms with Crippen LogP contribution in [0.3, 0.4) is 0 Å². The van der Waals surface area contributed by atoms with Crippen LogP contribution in [0.25, 0.3) is 22.2 Å². The zero-order chi connectivity index (χ0) is 30.2. The number of anilines is 3. The van der Waals surface area contributed by atoms with Crippen molar-refractivity contribution in [3.63, 3.8) is 0 Å². The third-order valence-corrected chi connectivity index (χ3v) is 8.90. The molecule has 0 bridgehead atoms. The molecule has 12 heteroatoms. The molecule has 3 heterocycles. The smallest absolute Gasteiger partial charge is 0.241 e. The minimum atomic E-state index is -3.75. The fourth-order valence-corrected chi connectivity index (χ4v) is 6.41. The van der Waals surface area contributed by atoms with Gasteiger partial charge in [-0.2, -0.15) is 0 Å². The number of aromatic amines is 1. The van der Waals surface area contributed by atoms with Crippen LogP contribution < -0.4 is 10.6 Å². The number of nitrogens with zero attached hydrogens (tertiary/aromatic N) is 4. The summed E-state index contributed by atoms with van der Waals surface area (Å²) in [6, 6.07) is 9.85. The summed E-state index contributed by atoms with van der Waals surface area (Å²) in [7, 11) is -1.65. The Morgan fingerprint density at radius 2 is 1.93 bits per heavy atom. The summed E-state index contributed by atoms with van der Waals surface area (Å²) in [5, 5.41) is 6.82.